The number of sulfonamides is 1. The second kappa shape index (κ2) is 8.24. The second-order valence-electron chi connectivity index (χ2n) is 5.71. The summed E-state index contributed by atoms with van der Waals surface area (Å²) in [7, 11) is -3.95. The summed E-state index contributed by atoms with van der Waals surface area (Å²) in [6.07, 6.45) is 0. The van der Waals surface area contributed by atoms with Crippen molar-refractivity contribution in [3.8, 4) is 11.5 Å². The molecule has 1 unspecified atom stereocenters. The molecule has 1 heterocycles. The molecule has 1 fully saturated rings. The highest BCUT2D eigenvalue weighted by Crippen LogP contribution is 2.26. The van der Waals surface area contributed by atoms with Gasteiger partial charge in [-0.05, 0) is 48.5 Å². The largest absolute Gasteiger partial charge is 0.457 e. The van der Waals surface area contributed by atoms with E-state index in [1.807, 2.05) is 0 Å². The number of rotatable bonds is 5. The molecule has 144 valence electrons. The molecule has 2 aromatic rings. The van der Waals surface area contributed by atoms with Gasteiger partial charge in [0.25, 0.3) is 5.91 Å². The predicted molar refractivity (Wildman–Crippen MR) is 96.4 cm³/mol. The van der Waals surface area contributed by atoms with Crippen LogP contribution in [0.25, 0.3) is 0 Å². The summed E-state index contributed by atoms with van der Waals surface area (Å²) in [5.41, 5.74) is 1.47. The third-order valence-electron chi connectivity index (χ3n) is 3.97. The van der Waals surface area contributed by atoms with Gasteiger partial charge in [0.05, 0.1) is 18.1 Å². The number of nitrogens with one attached hydrogen (secondary N) is 1. The van der Waals surface area contributed by atoms with Gasteiger partial charge in [-0.2, -0.15) is 4.31 Å². The molecule has 0 bridgehead atoms. The van der Waals surface area contributed by atoms with E-state index in [4.69, 9.17) is 26.3 Å². The van der Waals surface area contributed by atoms with Crippen LogP contribution in [0.15, 0.2) is 53.4 Å². The van der Waals surface area contributed by atoms with E-state index in [-0.39, 0.29) is 24.7 Å². The highest BCUT2D eigenvalue weighted by Gasteiger charge is 2.38. The number of morpholine rings is 1. The zero-order chi connectivity index (χ0) is 19.4. The quantitative estimate of drug-likeness (QED) is 0.575. The lowest BCUT2D eigenvalue weighted by Crippen LogP contribution is -2.55. The van der Waals surface area contributed by atoms with Gasteiger partial charge in [0.15, 0.2) is 0 Å². The van der Waals surface area contributed by atoms with Crippen molar-refractivity contribution in [1.82, 2.24) is 9.79 Å². The lowest BCUT2D eigenvalue weighted by Gasteiger charge is -2.32. The van der Waals surface area contributed by atoms with Crippen molar-refractivity contribution in [1.29, 1.82) is 0 Å². The van der Waals surface area contributed by atoms with Gasteiger partial charge in [-0.25, -0.2) is 13.9 Å². The number of hydrogen-bond donors (Lipinski definition) is 2. The number of halogens is 1. The van der Waals surface area contributed by atoms with Crippen LogP contribution in [0.5, 0.6) is 11.5 Å². The first-order valence-electron chi connectivity index (χ1n) is 7.99. The van der Waals surface area contributed by atoms with Crippen LogP contribution >= 0.6 is 11.6 Å². The number of benzene rings is 2. The molecule has 0 aliphatic carbocycles. The zero-order valence-electron chi connectivity index (χ0n) is 14.0. The third-order valence-corrected chi connectivity index (χ3v) is 6.15. The minimum absolute atomic E-state index is 0.00333. The molecule has 2 N–H and O–H groups in total. The van der Waals surface area contributed by atoms with Crippen molar-refractivity contribution < 1.29 is 27.9 Å². The molecular weight excluding hydrogens is 396 g/mol. The van der Waals surface area contributed by atoms with Crippen molar-refractivity contribution >= 4 is 27.5 Å². The number of carbonyl (C=O) groups excluding carboxylic acids is 1. The van der Waals surface area contributed by atoms with Crippen molar-refractivity contribution in [2.24, 2.45) is 0 Å². The van der Waals surface area contributed by atoms with E-state index in [0.29, 0.717) is 16.5 Å². The SMILES string of the molecule is O=C(NO)C1COCCN1S(=O)(=O)c1ccc(Oc2ccc(Cl)cc2)cc1. The van der Waals surface area contributed by atoms with Gasteiger partial charge < -0.3 is 9.47 Å². The van der Waals surface area contributed by atoms with E-state index in [1.54, 1.807) is 24.3 Å². The number of carbonyl (C=O) groups is 1. The Hall–Kier alpha value is -2.17. The first kappa shape index (κ1) is 19.6. The average molecular weight is 413 g/mol. The first-order valence-corrected chi connectivity index (χ1v) is 9.80. The average Bonchev–Trinajstić information content (AvgIpc) is 2.69. The molecule has 1 atom stereocenters. The summed E-state index contributed by atoms with van der Waals surface area (Å²) in [4.78, 5) is 11.8. The zero-order valence-corrected chi connectivity index (χ0v) is 15.6. The minimum Gasteiger partial charge on any atom is -0.457 e. The highest BCUT2D eigenvalue weighted by atomic mass is 35.5. The molecule has 2 aromatic carbocycles. The Morgan fingerprint density at radius 2 is 1.74 bits per heavy atom. The van der Waals surface area contributed by atoms with Gasteiger partial charge in [-0.1, -0.05) is 11.6 Å². The van der Waals surface area contributed by atoms with E-state index in [9.17, 15) is 13.2 Å². The molecular formula is C17H17ClN2O6S. The number of ether oxygens (including phenoxy) is 2. The van der Waals surface area contributed by atoms with Gasteiger partial charge >= 0.3 is 0 Å². The molecule has 1 aliphatic rings. The molecule has 0 radical (unpaired) electrons. The molecule has 1 amide bonds. The maximum atomic E-state index is 12.9. The van der Waals surface area contributed by atoms with Crippen LogP contribution < -0.4 is 10.2 Å². The fourth-order valence-corrected chi connectivity index (χ4v) is 4.29. The fourth-order valence-electron chi connectivity index (χ4n) is 2.61. The van der Waals surface area contributed by atoms with Crippen LogP contribution in [0.1, 0.15) is 0 Å². The molecule has 8 nitrogen and oxygen atoms in total. The van der Waals surface area contributed by atoms with Crippen molar-refractivity contribution in [2.75, 3.05) is 19.8 Å². The Morgan fingerprint density at radius 3 is 2.33 bits per heavy atom. The Labute approximate surface area is 161 Å². The molecule has 27 heavy (non-hydrogen) atoms. The Morgan fingerprint density at radius 1 is 1.15 bits per heavy atom. The molecule has 1 aliphatic heterocycles. The van der Waals surface area contributed by atoms with E-state index in [1.165, 1.54) is 29.7 Å². The molecule has 3 rings (SSSR count). The van der Waals surface area contributed by atoms with E-state index in [2.05, 4.69) is 0 Å². The smallest absolute Gasteiger partial charge is 0.264 e. The molecule has 0 saturated carbocycles. The van der Waals surface area contributed by atoms with Crippen molar-refractivity contribution in [2.45, 2.75) is 10.9 Å². The summed E-state index contributed by atoms with van der Waals surface area (Å²) >= 11 is 5.82. The number of amides is 1. The van der Waals surface area contributed by atoms with Gasteiger partial charge in [0, 0.05) is 11.6 Å². The maximum Gasteiger partial charge on any atom is 0.264 e. The minimum atomic E-state index is -3.95. The summed E-state index contributed by atoms with van der Waals surface area (Å²) < 4.78 is 37.6. The van der Waals surface area contributed by atoms with Crippen LogP contribution in [-0.2, 0) is 19.6 Å². The summed E-state index contributed by atoms with van der Waals surface area (Å²) in [5, 5.41) is 9.41. The van der Waals surface area contributed by atoms with Gasteiger partial charge in [0.2, 0.25) is 10.0 Å². The Kier molecular flexibility index (Phi) is 5.98. The van der Waals surface area contributed by atoms with Gasteiger partial charge in [0.1, 0.15) is 17.5 Å². The van der Waals surface area contributed by atoms with Crippen LogP contribution in [0, 0.1) is 0 Å². The van der Waals surface area contributed by atoms with Crippen LogP contribution in [0.2, 0.25) is 5.02 Å². The molecule has 0 spiro atoms. The molecule has 1 saturated heterocycles. The topological polar surface area (TPSA) is 105 Å². The lowest BCUT2D eigenvalue weighted by molar-refractivity contribution is -0.137. The number of hydrogen-bond acceptors (Lipinski definition) is 6. The van der Waals surface area contributed by atoms with E-state index >= 15 is 0 Å². The predicted octanol–water partition coefficient (Wildman–Crippen LogP) is 2.03. The Bertz CT molecular complexity index is 902. The monoisotopic (exact) mass is 412 g/mol. The van der Waals surface area contributed by atoms with Gasteiger partial charge in [-0.3, -0.25) is 10.0 Å². The fraction of sp³-hybridized carbons (Fsp3) is 0.235. The first-order chi connectivity index (χ1) is 12.9. The van der Waals surface area contributed by atoms with E-state index < -0.39 is 22.0 Å². The van der Waals surface area contributed by atoms with Gasteiger partial charge in [-0.15, -0.1) is 0 Å². The lowest BCUT2D eigenvalue weighted by atomic mass is 10.3. The highest BCUT2D eigenvalue weighted by molar-refractivity contribution is 7.89. The Balaban J connectivity index is 1.80. The maximum absolute atomic E-state index is 12.9. The second-order valence-corrected chi connectivity index (χ2v) is 8.04. The van der Waals surface area contributed by atoms with Crippen molar-refractivity contribution in [3.63, 3.8) is 0 Å². The molecule has 10 heteroatoms. The standard InChI is InChI=1S/C17H17ClN2O6S/c18-12-1-3-13(4-2-12)26-14-5-7-15(8-6-14)27(23,24)20-9-10-25-11-16(20)17(21)19-22/h1-8,16,22H,9-11H2,(H,19,21). The number of hydroxylamine groups is 1. The summed E-state index contributed by atoms with van der Waals surface area (Å²) in [6.45, 7) is 0.0268. The van der Waals surface area contributed by atoms with E-state index in [0.717, 1.165) is 4.31 Å². The normalized spacial score (nSPS) is 18.1. The van der Waals surface area contributed by atoms with Crippen LogP contribution in [0.3, 0.4) is 0 Å². The third kappa shape index (κ3) is 4.40. The van der Waals surface area contributed by atoms with Crippen LogP contribution in [0.4, 0.5) is 0 Å². The summed E-state index contributed by atoms with van der Waals surface area (Å²) in [6, 6.07) is 11.4. The number of nitrogens with zero attached hydrogens (tertiary/aromatic N) is 1. The summed E-state index contributed by atoms with van der Waals surface area (Å²) in [5.74, 6) is 0.159. The van der Waals surface area contributed by atoms with Crippen molar-refractivity contribution in [3.05, 3.63) is 53.6 Å². The molecule has 0 aromatic heterocycles. The van der Waals surface area contributed by atoms with Crippen LogP contribution in [-0.4, -0.2) is 49.6 Å².